The number of amidine groups is 1. The Bertz CT molecular complexity index is 580. The lowest BCUT2D eigenvalue weighted by molar-refractivity contribution is -0.115. The molecule has 1 aliphatic heterocycles. The summed E-state index contributed by atoms with van der Waals surface area (Å²) in [7, 11) is 4.01. The molecule has 1 heterocycles. The Morgan fingerprint density at radius 1 is 1.25 bits per heavy atom. The molecule has 2 aliphatic rings. The third kappa shape index (κ3) is 2.46. The standard InChI is InChI=1S/C16H19N3O/c1-19(2)13-8-6-11(7-9-13)10-14-16(20)18-15(17-14)12-4-3-5-12/h6-10,12H,3-5H2,1-2H3,(H,17,18,20)/b14-10+. The van der Waals surface area contributed by atoms with E-state index in [0.717, 1.165) is 29.9 Å². The van der Waals surface area contributed by atoms with Crippen molar-refractivity contribution in [1.82, 2.24) is 5.32 Å². The maximum Gasteiger partial charge on any atom is 0.275 e. The summed E-state index contributed by atoms with van der Waals surface area (Å²) in [6.45, 7) is 0. The Morgan fingerprint density at radius 2 is 1.95 bits per heavy atom. The topological polar surface area (TPSA) is 44.7 Å². The van der Waals surface area contributed by atoms with E-state index >= 15 is 0 Å². The van der Waals surface area contributed by atoms with Crippen molar-refractivity contribution in [2.24, 2.45) is 10.9 Å². The van der Waals surface area contributed by atoms with Crippen LogP contribution in [0.3, 0.4) is 0 Å². The van der Waals surface area contributed by atoms with E-state index in [-0.39, 0.29) is 5.91 Å². The highest BCUT2D eigenvalue weighted by atomic mass is 16.2. The van der Waals surface area contributed by atoms with Gasteiger partial charge in [-0.15, -0.1) is 0 Å². The summed E-state index contributed by atoms with van der Waals surface area (Å²) in [5.41, 5.74) is 2.66. The SMILES string of the molecule is CN(C)c1ccc(/C=C2/N=C(C3CCC3)NC2=O)cc1. The minimum atomic E-state index is -0.0800. The average Bonchev–Trinajstić information content (AvgIpc) is 2.69. The predicted octanol–water partition coefficient (Wildman–Crippen LogP) is 2.42. The minimum absolute atomic E-state index is 0.0800. The van der Waals surface area contributed by atoms with Gasteiger partial charge in [-0.2, -0.15) is 0 Å². The van der Waals surface area contributed by atoms with Crippen molar-refractivity contribution < 1.29 is 4.79 Å². The number of nitrogens with one attached hydrogen (secondary N) is 1. The van der Waals surface area contributed by atoms with E-state index in [1.807, 2.05) is 49.3 Å². The smallest absolute Gasteiger partial charge is 0.275 e. The molecule has 1 saturated carbocycles. The molecule has 4 heteroatoms. The second-order valence-electron chi connectivity index (χ2n) is 5.59. The first kappa shape index (κ1) is 12.9. The Morgan fingerprint density at radius 3 is 2.50 bits per heavy atom. The molecule has 1 aromatic rings. The van der Waals surface area contributed by atoms with Gasteiger partial charge in [0.1, 0.15) is 11.5 Å². The number of rotatable bonds is 3. The number of aliphatic imine (C=N–C) groups is 1. The van der Waals surface area contributed by atoms with Crippen molar-refractivity contribution in [3.05, 3.63) is 35.5 Å². The van der Waals surface area contributed by atoms with Crippen molar-refractivity contribution >= 4 is 23.5 Å². The molecule has 1 N–H and O–H groups in total. The highest BCUT2D eigenvalue weighted by Crippen LogP contribution is 2.29. The molecule has 1 aliphatic carbocycles. The zero-order chi connectivity index (χ0) is 14.1. The fourth-order valence-corrected chi connectivity index (χ4v) is 2.39. The van der Waals surface area contributed by atoms with Gasteiger partial charge in [0.15, 0.2) is 0 Å². The van der Waals surface area contributed by atoms with Gasteiger partial charge in [0.25, 0.3) is 5.91 Å². The summed E-state index contributed by atoms with van der Waals surface area (Å²) in [6, 6.07) is 8.09. The van der Waals surface area contributed by atoms with E-state index in [1.165, 1.54) is 6.42 Å². The van der Waals surface area contributed by atoms with Crippen molar-refractivity contribution in [2.45, 2.75) is 19.3 Å². The molecule has 20 heavy (non-hydrogen) atoms. The maximum atomic E-state index is 11.9. The lowest BCUT2D eigenvalue weighted by Crippen LogP contribution is -2.33. The number of anilines is 1. The first-order chi connectivity index (χ1) is 9.63. The van der Waals surface area contributed by atoms with Crippen LogP contribution < -0.4 is 10.2 Å². The first-order valence-electron chi connectivity index (χ1n) is 7.02. The molecule has 1 amide bonds. The molecule has 4 nitrogen and oxygen atoms in total. The molecular weight excluding hydrogens is 250 g/mol. The van der Waals surface area contributed by atoms with Gasteiger partial charge in [-0.3, -0.25) is 4.79 Å². The zero-order valence-electron chi connectivity index (χ0n) is 11.9. The van der Waals surface area contributed by atoms with E-state index in [2.05, 4.69) is 10.3 Å². The number of benzene rings is 1. The molecule has 104 valence electrons. The van der Waals surface area contributed by atoms with E-state index in [4.69, 9.17) is 0 Å². The van der Waals surface area contributed by atoms with Gasteiger partial charge in [0.05, 0.1) is 0 Å². The summed E-state index contributed by atoms with van der Waals surface area (Å²) in [5, 5.41) is 2.89. The van der Waals surface area contributed by atoms with Gasteiger partial charge in [-0.05, 0) is 36.6 Å². The Labute approximate surface area is 119 Å². The summed E-state index contributed by atoms with van der Waals surface area (Å²) in [5.74, 6) is 1.24. The van der Waals surface area contributed by atoms with Crippen LogP contribution in [0, 0.1) is 5.92 Å². The number of hydrogen-bond acceptors (Lipinski definition) is 3. The van der Waals surface area contributed by atoms with Gasteiger partial charge in [-0.1, -0.05) is 18.6 Å². The highest BCUT2D eigenvalue weighted by Gasteiger charge is 2.30. The fraction of sp³-hybridized carbons (Fsp3) is 0.375. The van der Waals surface area contributed by atoms with Gasteiger partial charge >= 0.3 is 0 Å². The van der Waals surface area contributed by atoms with Gasteiger partial charge in [0, 0.05) is 25.7 Å². The highest BCUT2D eigenvalue weighted by molar-refractivity contribution is 6.15. The Kier molecular flexibility index (Phi) is 3.30. The van der Waals surface area contributed by atoms with Crippen LogP contribution in [0.25, 0.3) is 6.08 Å². The summed E-state index contributed by atoms with van der Waals surface area (Å²) in [6.07, 6.45) is 5.37. The molecular formula is C16H19N3O. The third-order valence-corrected chi connectivity index (χ3v) is 3.92. The van der Waals surface area contributed by atoms with Crippen LogP contribution in [0.5, 0.6) is 0 Å². The van der Waals surface area contributed by atoms with Crippen LogP contribution in [0.4, 0.5) is 5.69 Å². The monoisotopic (exact) mass is 269 g/mol. The van der Waals surface area contributed by atoms with E-state index in [1.54, 1.807) is 0 Å². The number of hydrogen-bond donors (Lipinski definition) is 1. The van der Waals surface area contributed by atoms with Crippen molar-refractivity contribution in [1.29, 1.82) is 0 Å². The zero-order valence-corrected chi connectivity index (χ0v) is 11.9. The van der Waals surface area contributed by atoms with Crippen LogP contribution in [0.2, 0.25) is 0 Å². The van der Waals surface area contributed by atoms with E-state index in [9.17, 15) is 4.79 Å². The lowest BCUT2D eigenvalue weighted by Gasteiger charge is -2.24. The molecule has 0 atom stereocenters. The first-order valence-corrected chi connectivity index (χ1v) is 7.02. The van der Waals surface area contributed by atoms with Gasteiger partial charge < -0.3 is 10.2 Å². The molecule has 3 rings (SSSR count). The molecule has 0 unspecified atom stereocenters. The summed E-state index contributed by atoms with van der Waals surface area (Å²) < 4.78 is 0. The largest absolute Gasteiger partial charge is 0.378 e. The van der Waals surface area contributed by atoms with Crippen LogP contribution in [0.1, 0.15) is 24.8 Å². The molecule has 0 spiro atoms. The van der Waals surface area contributed by atoms with E-state index in [0.29, 0.717) is 11.6 Å². The fourth-order valence-electron chi connectivity index (χ4n) is 2.39. The van der Waals surface area contributed by atoms with Crippen LogP contribution in [0.15, 0.2) is 35.0 Å². The normalized spacial score (nSPS) is 20.6. The van der Waals surface area contributed by atoms with Crippen LogP contribution in [-0.2, 0) is 4.79 Å². The third-order valence-electron chi connectivity index (χ3n) is 3.92. The second kappa shape index (κ2) is 5.12. The molecule has 1 fully saturated rings. The molecule has 0 aromatic heterocycles. The number of nitrogens with zero attached hydrogens (tertiary/aromatic N) is 2. The van der Waals surface area contributed by atoms with Crippen LogP contribution in [-0.4, -0.2) is 25.8 Å². The summed E-state index contributed by atoms with van der Waals surface area (Å²) >= 11 is 0. The minimum Gasteiger partial charge on any atom is -0.378 e. The van der Waals surface area contributed by atoms with Gasteiger partial charge in [-0.25, -0.2) is 4.99 Å². The number of carbonyl (C=O) groups is 1. The van der Waals surface area contributed by atoms with Gasteiger partial charge in [0.2, 0.25) is 0 Å². The molecule has 1 aromatic carbocycles. The summed E-state index contributed by atoms with van der Waals surface area (Å²) in [4.78, 5) is 18.4. The predicted molar refractivity (Wildman–Crippen MR) is 81.7 cm³/mol. The second-order valence-corrected chi connectivity index (χ2v) is 5.59. The maximum absolute atomic E-state index is 11.9. The van der Waals surface area contributed by atoms with Crippen LogP contribution >= 0.6 is 0 Å². The number of amides is 1. The van der Waals surface area contributed by atoms with Crippen molar-refractivity contribution in [3.63, 3.8) is 0 Å². The Balaban J connectivity index is 1.80. The molecule has 0 bridgehead atoms. The van der Waals surface area contributed by atoms with Crippen molar-refractivity contribution in [2.75, 3.05) is 19.0 Å². The Hall–Kier alpha value is -2.10. The number of carbonyl (C=O) groups excluding carboxylic acids is 1. The molecule has 0 saturated heterocycles. The van der Waals surface area contributed by atoms with Crippen molar-refractivity contribution in [3.8, 4) is 0 Å². The lowest BCUT2D eigenvalue weighted by atomic mass is 9.84. The average molecular weight is 269 g/mol. The molecule has 0 radical (unpaired) electrons. The van der Waals surface area contributed by atoms with E-state index < -0.39 is 0 Å². The quantitative estimate of drug-likeness (QED) is 0.856.